The van der Waals surface area contributed by atoms with Gasteiger partial charge in [0, 0.05) is 0 Å². The quantitative estimate of drug-likeness (QED) is 0.587. The standard InChI is InChI=1S/C5H8O3.C3H2O3/c6-5-7-3-1-2-4-8-5;4-3-5-1-2-6-3/h1-4H2;1-2H. The molecule has 0 amide bonds. The highest BCUT2D eigenvalue weighted by atomic mass is 16.7. The maximum absolute atomic E-state index is 10.2. The summed E-state index contributed by atoms with van der Waals surface area (Å²) in [6, 6.07) is 0. The first-order valence-electron chi connectivity index (χ1n) is 4.11. The molecule has 1 saturated heterocycles. The highest BCUT2D eigenvalue weighted by molar-refractivity contribution is 5.59. The molecular formula is C8H10O6. The number of ether oxygens (including phenoxy) is 2. The van der Waals surface area contributed by atoms with Gasteiger partial charge < -0.3 is 18.3 Å². The lowest BCUT2D eigenvalue weighted by Crippen LogP contribution is -2.02. The van der Waals surface area contributed by atoms with Crippen LogP contribution in [0, 0.1) is 0 Å². The molecule has 1 aromatic heterocycles. The Balaban J connectivity index is 0.000000146. The van der Waals surface area contributed by atoms with Crippen LogP contribution in [0.2, 0.25) is 0 Å². The van der Waals surface area contributed by atoms with Crippen LogP contribution in [0.15, 0.2) is 26.2 Å². The number of hydrogen-bond acceptors (Lipinski definition) is 6. The normalized spacial score (nSPS) is 15.6. The molecule has 1 aliphatic rings. The fourth-order valence-electron chi connectivity index (χ4n) is 0.751. The van der Waals surface area contributed by atoms with Gasteiger partial charge in [0.15, 0.2) is 0 Å². The monoisotopic (exact) mass is 202 g/mol. The van der Waals surface area contributed by atoms with Gasteiger partial charge in [0.25, 0.3) is 0 Å². The van der Waals surface area contributed by atoms with E-state index in [2.05, 4.69) is 18.3 Å². The molecule has 0 unspecified atom stereocenters. The molecule has 0 spiro atoms. The molecule has 1 aliphatic heterocycles. The van der Waals surface area contributed by atoms with E-state index in [9.17, 15) is 9.59 Å². The summed E-state index contributed by atoms with van der Waals surface area (Å²) in [5, 5.41) is 0. The summed E-state index contributed by atoms with van der Waals surface area (Å²) >= 11 is 0. The van der Waals surface area contributed by atoms with Crippen LogP contribution < -0.4 is 5.82 Å². The molecule has 78 valence electrons. The van der Waals surface area contributed by atoms with Crippen LogP contribution in [-0.2, 0) is 9.47 Å². The molecule has 0 bridgehead atoms. The lowest BCUT2D eigenvalue weighted by Gasteiger charge is -1.94. The first kappa shape index (κ1) is 10.4. The molecule has 1 aromatic rings. The fraction of sp³-hybridized carbons (Fsp3) is 0.500. The van der Waals surface area contributed by atoms with Crippen molar-refractivity contribution in [3.05, 3.63) is 23.1 Å². The molecule has 0 saturated carbocycles. The molecule has 0 N–H and O–H groups in total. The van der Waals surface area contributed by atoms with Gasteiger partial charge in [-0.2, -0.15) is 0 Å². The van der Waals surface area contributed by atoms with E-state index in [1.165, 1.54) is 12.5 Å². The van der Waals surface area contributed by atoms with Crippen molar-refractivity contribution in [2.75, 3.05) is 13.2 Å². The van der Waals surface area contributed by atoms with Gasteiger partial charge in [-0.1, -0.05) is 0 Å². The van der Waals surface area contributed by atoms with Crippen LogP contribution in [0.3, 0.4) is 0 Å². The maximum Gasteiger partial charge on any atom is 0.518 e. The van der Waals surface area contributed by atoms with Crippen molar-refractivity contribution in [1.29, 1.82) is 0 Å². The lowest BCUT2D eigenvalue weighted by atomic mass is 10.3. The molecular weight excluding hydrogens is 192 g/mol. The Morgan fingerprint density at radius 1 is 0.929 bits per heavy atom. The van der Waals surface area contributed by atoms with Gasteiger partial charge in [-0.25, -0.2) is 9.59 Å². The minimum atomic E-state index is -0.657. The zero-order valence-electron chi connectivity index (χ0n) is 7.43. The Bertz CT molecular complexity index is 285. The van der Waals surface area contributed by atoms with Gasteiger partial charge in [-0.15, -0.1) is 0 Å². The second-order valence-corrected chi connectivity index (χ2v) is 2.41. The van der Waals surface area contributed by atoms with E-state index in [1.54, 1.807) is 0 Å². The SMILES string of the molecule is O=C1OCCCCO1.O=c1occo1. The number of rotatable bonds is 0. The molecule has 1 fully saturated rings. The van der Waals surface area contributed by atoms with Gasteiger partial charge in [0.1, 0.15) is 12.5 Å². The first-order chi connectivity index (χ1) is 6.79. The molecule has 0 aliphatic carbocycles. The van der Waals surface area contributed by atoms with Crippen LogP contribution in [0.1, 0.15) is 12.8 Å². The van der Waals surface area contributed by atoms with E-state index >= 15 is 0 Å². The van der Waals surface area contributed by atoms with Crippen molar-refractivity contribution < 1.29 is 23.1 Å². The smallest absolute Gasteiger partial charge is 0.434 e. The number of hydrogen-bond donors (Lipinski definition) is 0. The van der Waals surface area contributed by atoms with Crippen molar-refractivity contribution in [2.24, 2.45) is 0 Å². The molecule has 14 heavy (non-hydrogen) atoms. The van der Waals surface area contributed by atoms with E-state index in [4.69, 9.17) is 0 Å². The molecule has 0 atom stereocenters. The zero-order chi connectivity index (χ0) is 10.2. The van der Waals surface area contributed by atoms with E-state index in [0.29, 0.717) is 13.2 Å². The topological polar surface area (TPSA) is 78.9 Å². The number of cyclic esters (lactones) is 2. The van der Waals surface area contributed by atoms with E-state index in [0.717, 1.165) is 12.8 Å². The average Bonchev–Trinajstić information content (AvgIpc) is 2.51. The highest BCUT2D eigenvalue weighted by Crippen LogP contribution is 1.99. The van der Waals surface area contributed by atoms with Crippen molar-refractivity contribution in [3.63, 3.8) is 0 Å². The van der Waals surface area contributed by atoms with Crippen molar-refractivity contribution >= 4 is 6.16 Å². The van der Waals surface area contributed by atoms with Gasteiger partial charge in [0.05, 0.1) is 13.2 Å². The second-order valence-electron chi connectivity index (χ2n) is 2.41. The summed E-state index contributed by atoms with van der Waals surface area (Å²) in [5.41, 5.74) is 0. The van der Waals surface area contributed by atoms with Crippen molar-refractivity contribution in [1.82, 2.24) is 0 Å². The van der Waals surface area contributed by atoms with E-state index < -0.39 is 12.0 Å². The van der Waals surface area contributed by atoms with Crippen LogP contribution in [0.25, 0.3) is 0 Å². The van der Waals surface area contributed by atoms with Gasteiger partial charge in [-0.3, -0.25) is 0 Å². The third-order valence-electron chi connectivity index (χ3n) is 1.36. The average molecular weight is 202 g/mol. The van der Waals surface area contributed by atoms with E-state index in [1.807, 2.05) is 0 Å². The molecule has 6 nitrogen and oxygen atoms in total. The van der Waals surface area contributed by atoms with Crippen LogP contribution in [-0.4, -0.2) is 19.4 Å². The molecule has 0 aromatic carbocycles. The van der Waals surface area contributed by atoms with Gasteiger partial charge >= 0.3 is 12.0 Å². The van der Waals surface area contributed by atoms with Crippen LogP contribution in [0.4, 0.5) is 4.79 Å². The minimum absolute atomic E-state index is 0.513. The summed E-state index contributed by atoms with van der Waals surface area (Å²) < 4.78 is 17.3. The second kappa shape index (κ2) is 5.85. The fourth-order valence-corrected chi connectivity index (χ4v) is 0.751. The first-order valence-corrected chi connectivity index (χ1v) is 4.11. The molecule has 2 heterocycles. The summed E-state index contributed by atoms with van der Waals surface area (Å²) in [4.78, 5) is 20.0. The summed E-state index contributed by atoms with van der Waals surface area (Å²) in [6.07, 6.45) is 3.69. The Morgan fingerprint density at radius 2 is 1.43 bits per heavy atom. The Morgan fingerprint density at radius 3 is 1.79 bits per heavy atom. The predicted molar refractivity (Wildman–Crippen MR) is 43.8 cm³/mol. The van der Waals surface area contributed by atoms with Crippen LogP contribution in [0.5, 0.6) is 0 Å². The number of carbonyl (C=O) groups excluding carboxylic acids is 1. The summed E-state index contributed by atoms with van der Waals surface area (Å²) in [5.74, 6) is -0.657. The molecule has 0 radical (unpaired) electrons. The largest absolute Gasteiger partial charge is 0.518 e. The predicted octanol–water partition coefficient (Wildman–Crippen LogP) is 1.17. The summed E-state index contributed by atoms with van der Waals surface area (Å²) in [7, 11) is 0. The third kappa shape index (κ3) is 4.34. The van der Waals surface area contributed by atoms with Crippen molar-refractivity contribution in [2.45, 2.75) is 12.8 Å². The molecule has 6 heteroatoms. The molecule has 2 rings (SSSR count). The van der Waals surface area contributed by atoms with Crippen LogP contribution >= 0.6 is 0 Å². The Labute approximate surface area is 79.4 Å². The van der Waals surface area contributed by atoms with E-state index in [-0.39, 0.29) is 0 Å². The lowest BCUT2D eigenvalue weighted by molar-refractivity contribution is 0.0728. The Kier molecular flexibility index (Phi) is 4.33. The Hall–Kier alpha value is -1.72. The summed E-state index contributed by atoms with van der Waals surface area (Å²) in [6.45, 7) is 1.03. The minimum Gasteiger partial charge on any atom is -0.434 e. The zero-order valence-corrected chi connectivity index (χ0v) is 7.43. The maximum atomic E-state index is 10.2. The highest BCUT2D eigenvalue weighted by Gasteiger charge is 2.06. The number of carbonyl (C=O) groups is 1. The van der Waals surface area contributed by atoms with Gasteiger partial charge in [0.2, 0.25) is 0 Å². The third-order valence-corrected chi connectivity index (χ3v) is 1.36. The van der Waals surface area contributed by atoms with Gasteiger partial charge in [-0.05, 0) is 12.8 Å². The van der Waals surface area contributed by atoms with Crippen molar-refractivity contribution in [3.8, 4) is 0 Å².